The Bertz CT molecular complexity index is 800. The van der Waals surface area contributed by atoms with Crippen molar-refractivity contribution in [2.24, 2.45) is 5.92 Å². The van der Waals surface area contributed by atoms with E-state index in [-0.39, 0.29) is 7.92 Å². The van der Waals surface area contributed by atoms with E-state index in [1.165, 1.54) is 38.8 Å². The lowest BCUT2D eigenvalue weighted by Gasteiger charge is -2.19. The molecule has 0 unspecified atom stereocenters. The number of hydrogen-bond acceptors (Lipinski definition) is 1. The average Bonchev–Trinajstić information content (AvgIpc) is 3.42. The summed E-state index contributed by atoms with van der Waals surface area (Å²) in [6.45, 7) is 4.47. The van der Waals surface area contributed by atoms with Gasteiger partial charge in [0.25, 0.3) is 0 Å². The highest BCUT2D eigenvalue weighted by Crippen LogP contribution is 2.57. The molecule has 3 aromatic carbocycles. The zero-order chi connectivity index (χ0) is 17.9. The molecule has 2 heteroatoms. The zero-order valence-electron chi connectivity index (χ0n) is 15.4. The third-order valence-electron chi connectivity index (χ3n) is 5.14. The van der Waals surface area contributed by atoms with Gasteiger partial charge < -0.3 is 0 Å². The van der Waals surface area contributed by atoms with Gasteiger partial charge in [0.2, 0.25) is 0 Å². The van der Waals surface area contributed by atoms with Gasteiger partial charge >= 0.3 is 0 Å². The van der Waals surface area contributed by atoms with E-state index in [2.05, 4.69) is 104 Å². The van der Waals surface area contributed by atoms with Crippen LogP contribution in [0.25, 0.3) is 0 Å². The Kier molecular flexibility index (Phi) is 5.48. The molecule has 0 aromatic heterocycles. The highest BCUT2D eigenvalue weighted by atomic mass is 32.2. The molecule has 0 N–H and O–H groups in total. The van der Waals surface area contributed by atoms with Crippen LogP contribution in [0.15, 0.2) is 83.8 Å². The van der Waals surface area contributed by atoms with E-state index < -0.39 is 0 Å². The molecule has 1 fully saturated rings. The van der Waals surface area contributed by atoms with Crippen LogP contribution in [0.3, 0.4) is 0 Å². The number of hydrogen-bond donors (Lipinski definition) is 0. The summed E-state index contributed by atoms with van der Waals surface area (Å²) in [5.41, 5.74) is 3.66. The lowest BCUT2D eigenvalue weighted by atomic mass is 10.2. The molecule has 132 valence electrons. The average molecular weight is 377 g/mol. The second kappa shape index (κ2) is 7.99. The molecule has 0 saturated heterocycles. The van der Waals surface area contributed by atoms with E-state index in [0.29, 0.717) is 0 Å². The molecule has 0 amide bonds. The molecule has 0 spiro atoms. The molecule has 0 aliphatic heterocycles. The van der Waals surface area contributed by atoms with Crippen molar-refractivity contribution < 1.29 is 0 Å². The number of aryl methyl sites for hydroxylation is 2. The first-order valence-corrected chi connectivity index (χ1v) is 11.7. The van der Waals surface area contributed by atoms with Gasteiger partial charge in [0.15, 0.2) is 0 Å². The SMILES string of the molecule is Cc1cccc(C)c1SC[C@H]1C[C@H]1P(c1ccccc1)c1ccccc1. The van der Waals surface area contributed by atoms with Gasteiger partial charge in [-0.3, -0.25) is 0 Å². The van der Waals surface area contributed by atoms with Crippen molar-refractivity contribution in [3.8, 4) is 0 Å². The maximum atomic E-state index is 2.33. The van der Waals surface area contributed by atoms with Crippen LogP contribution in [0.2, 0.25) is 0 Å². The van der Waals surface area contributed by atoms with Crippen LogP contribution in [-0.2, 0) is 0 Å². The largest absolute Gasteiger partial charge is 0.125 e. The molecule has 4 rings (SSSR count). The van der Waals surface area contributed by atoms with Crippen molar-refractivity contribution in [3.63, 3.8) is 0 Å². The van der Waals surface area contributed by atoms with Gasteiger partial charge in [0.05, 0.1) is 0 Å². The molecule has 2 atom stereocenters. The zero-order valence-corrected chi connectivity index (χ0v) is 17.1. The lowest BCUT2D eigenvalue weighted by Crippen LogP contribution is -2.15. The van der Waals surface area contributed by atoms with Crippen LogP contribution >= 0.6 is 19.7 Å². The van der Waals surface area contributed by atoms with Gasteiger partial charge in [0, 0.05) is 10.6 Å². The summed E-state index contributed by atoms with van der Waals surface area (Å²) >= 11 is 2.07. The van der Waals surface area contributed by atoms with Crippen LogP contribution in [0.5, 0.6) is 0 Å². The molecular weight excluding hydrogens is 351 g/mol. The molecular formula is C24H25PS. The normalized spacial score (nSPS) is 18.9. The van der Waals surface area contributed by atoms with E-state index in [1.807, 2.05) is 0 Å². The summed E-state index contributed by atoms with van der Waals surface area (Å²) < 4.78 is 0. The minimum absolute atomic E-state index is 0.247. The van der Waals surface area contributed by atoms with Gasteiger partial charge in [-0.05, 0) is 61.5 Å². The van der Waals surface area contributed by atoms with Crippen molar-refractivity contribution in [2.75, 3.05) is 5.75 Å². The van der Waals surface area contributed by atoms with E-state index in [4.69, 9.17) is 0 Å². The van der Waals surface area contributed by atoms with Gasteiger partial charge in [0.1, 0.15) is 0 Å². The fourth-order valence-electron chi connectivity index (χ4n) is 3.65. The first-order chi connectivity index (χ1) is 12.7. The molecule has 1 saturated carbocycles. The molecule has 1 aliphatic rings. The predicted molar refractivity (Wildman–Crippen MR) is 118 cm³/mol. The summed E-state index contributed by atoms with van der Waals surface area (Å²) in [6, 6.07) is 29.0. The predicted octanol–water partition coefficient (Wildman–Crippen LogP) is 5.92. The summed E-state index contributed by atoms with van der Waals surface area (Å²) in [7, 11) is -0.247. The molecule has 0 heterocycles. The monoisotopic (exact) mass is 376 g/mol. The van der Waals surface area contributed by atoms with E-state index in [1.54, 1.807) is 0 Å². The Labute approximate surface area is 162 Å². The standard InChI is InChI=1S/C24H25PS/c1-18-10-9-11-19(2)24(18)26-17-20-16-23(20)25(21-12-5-3-6-13-21)22-14-7-4-8-15-22/h3-15,20,23H,16-17H2,1-2H3/t20-,23-/m1/s1. The summed E-state index contributed by atoms with van der Waals surface area (Å²) in [4.78, 5) is 1.49. The third kappa shape index (κ3) is 3.90. The quantitative estimate of drug-likeness (QED) is 0.380. The lowest BCUT2D eigenvalue weighted by molar-refractivity contribution is 1.00. The maximum Gasteiger partial charge on any atom is 0.0130 e. The molecule has 0 radical (unpaired) electrons. The topological polar surface area (TPSA) is 0 Å². The Morgan fingerprint density at radius 2 is 1.31 bits per heavy atom. The Hall–Kier alpha value is -1.56. The first-order valence-electron chi connectivity index (χ1n) is 9.32. The van der Waals surface area contributed by atoms with Gasteiger partial charge in [-0.1, -0.05) is 78.9 Å². The van der Waals surface area contributed by atoms with Crippen LogP contribution in [-0.4, -0.2) is 11.4 Å². The van der Waals surface area contributed by atoms with Crippen molar-refractivity contribution >= 4 is 30.3 Å². The van der Waals surface area contributed by atoms with E-state index in [0.717, 1.165) is 11.6 Å². The Balaban J connectivity index is 1.51. The van der Waals surface area contributed by atoms with Gasteiger partial charge in [-0.25, -0.2) is 0 Å². The Morgan fingerprint density at radius 3 is 1.85 bits per heavy atom. The van der Waals surface area contributed by atoms with Gasteiger partial charge in [-0.2, -0.15) is 0 Å². The minimum atomic E-state index is -0.247. The van der Waals surface area contributed by atoms with Crippen LogP contribution < -0.4 is 10.6 Å². The Morgan fingerprint density at radius 1 is 0.769 bits per heavy atom. The highest BCUT2D eigenvalue weighted by molar-refractivity contribution is 7.99. The van der Waals surface area contributed by atoms with Crippen molar-refractivity contribution in [1.29, 1.82) is 0 Å². The smallest absolute Gasteiger partial charge is 0.0130 e. The molecule has 3 aromatic rings. The number of benzene rings is 3. The highest BCUT2D eigenvalue weighted by Gasteiger charge is 2.43. The second-order valence-corrected chi connectivity index (χ2v) is 10.6. The fourth-order valence-corrected chi connectivity index (χ4v) is 8.20. The van der Waals surface area contributed by atoms with Crippen molar-refractivity contribution in [1.82, 2.24) is 0 Å². The molecule has 0 nitrogen and oxygen atoms in total. The first kappa shape index (κ1) is 17.8. The fraction of sp³-hybridized carbons (Fsp3) is 0.250. The molecule has 0 bridgehead atoms. The molecule has 1 aliphatic carbocycles. The van der Waals surface area contributed by atoms with Crippen LogP contribution in [0.1, 0.15) is 17.5 Å². The van der Waals surface area contributed by atoms with Crippen LogP contribution in [0.4, 0.5) is 0 Å². The third-order valence-corrected chi connectivity index (χ3v) is 9.67. The molecule has 26 heavy (non-hydrogen) atoms. The summed E-state index contributed by atoms with van der Waals surface area (Å²) in [6.07, 6.45) is 1.37. The van der Waals surface area contributed by atoms with E-state index >= 15 is 0 Å². The second-order valence-electron chi connectivity index (χ2n) is 7.14. The summed E-state index contributed by atoms with van der Waals surface area (Å²) in [5, 5.41) is 3.05. The van der Waals surface area contributed by atoms with Crippen LogP contribution in [0, 0.1) is 19.8 Å². The number of rotatable bonds is 6. The maximum absolute atomic E-state index is 2.33. The van der Waals surface area contributed by atoms with Gasteiger partial charge in [-0.15, -0.1) is 11.8 Å². The minimum Gasteiger partial charge on any atom is -0.125 e. The van der Waals surface area contributed by atoms with Crippen molar-refractivity contribution in [3.05, 3.63) is 90.0 Å². The summed E-state index contributed by atoms with van der Waals surface area (Å²) in [5.74, 6) is 2.08. The number of thioether (sulfide) groups is 1. The van der Waals surface area contributed by atoms with Crippen molar-refractivity contribution in [2.45, 2.75) is 30.8 Å². The van der Waals surface area contributed by atoms with E-state index in [9.17, 15) is 0 Å².